The lowest BCUT2D eigenvalue weighted by atomic mass is 10.0. The third-order valence-corrected chi connectivity index (χ3v) is 3.80. The van der Waals surface area contributed by atoms with E-state index < -0.39 is 0 Å². The number of rotatable bonds is 4. The van der Waals surface area contributed by atoms with Crippen LogP contribution in [-0.4, -0.2) is 17.9 Å². The third kappa shape index (κ3) is 2.53. The number of nitrogens with zero attached hydrogens (tertiary/aromatic N) is 1. The topological polar surface area (TPSA) is 46.3 Å². The number of benzene rings is 1. The summed E-state index contributed by atoms with van der Waals surface area (Å²) in [6, 6.07) is 7.50. The van der Waals surface area contributed by atoms with Crippen LogP contribution >= 0.6 is 12.2 Å². The molecule has 1 atom stereocenters. The largest absolute Gasteiger partial charge is 0.389 e. The fraction of sp³-hybridized carbons (Fsp3) is 0.429. The molecule has 0 saturated heterocycles. The van der Waals surface area contributed by atoms with Gasteiger partial charge < -0.3 is 10.6 Å². The molecule has 0 bridgehead atoms. The molecule has 0 aromatic heterocycles. The molecule has 0 radical (unpaired) electrons. The summed E-state index contributed by atoms with van der Waals surface area (Å²) < 4.78 is 0. The van der Waals surface area contributed by atoms with Crippen molar-refractivity contribution in [3.63, 3.8) is 0 Å². The Morgan fingerprint density at radius 3 is 2.61 bits per heavy atom. The third-order valence-electron chi connectivity index (χ3n) is 3.58. The van der Waals surface area contributed by atoms with Gasteiger partial charge in [0.15, 0.2) is 0 Å². The predicted molar refractivity (Wildman–Crippen MR) is 77.6 cm³/mol. The number of carbonyl (C=O) groups excluding carboxylic acids is 1. The van der Waals surface area contributed by atoms with Crippen molar-refractivity contribution >= 4 is 28.8 Å². The Balaban J connectivity index is 2.24. The van der Waals surface area contributed by atoms with Crippen LogP contribution in [0.2, 0.25) is 0 Å². The lowest BCUT2D eigenvalue weighted by molar-refractivity contribution is -0.122. The standard InChI is InChI=1S/C14H18N2OS/c1-9(10-7-8-10)14(17)16(2)12-6-4-3-5-11(12)13(15)18/h3-6,9-10H,7-8H2,1-2H3,(H2,15,18). The number of nitrogens with two attached hydrogens (primary N) is 1. The molecule has 4 heteroatoms. The van der Waals surface area contributed by atoms with Gasteiger partial charge in [-0.2, -0.15) is 0 Å². The zero-order valence-corrected chi connectivity index (χ0v) is 11.5. The zero-order valence-electron chi connectivity index (χ0n) is 10.7. The molecule has 0 spiro atoms. The van der Waals surface area contributed by atoms with Gasteiger partial charge in [0.2, 0.25) is 5.91 Å². The van der Waals surface area contributed by atoms with Crippen LogP contribution in [0.4, 0.5) is 5.69 Å². The fourth-order valence-corrected chi connectivity index (χ4v) is 2.37. The highest BCUT2D eigenvalue weighted by atomic mass is 32.1. The summed E-state index contributed by atoms with van der Waals surface area (Å²) in [5.74, 6) is 0.771. The maximum Gasteiger partial charge on any atom is 0.229 e. The highest BCUT2D eigenvalue weighted by Crippen LogP contribution is 2.38. The average Bonchev–Trinajstić information content (AvgIpc) is 3.20. The highest BCUT2D eigenvalue weighted by molar-refractivity contribution is 7.80. The molecule has 1 aromatic rings. The SMILES string of the molecule is CC(C(=O)N(C)c1ccccc1C(N)=S)C1CC1. The number of carbonyl (C=O) groups is 1. The van der Waals surface area contributed by atoms with Gasteiger partial charge in [-0.15, -0.1) is 0 Å². The van der Waals surface area contributed by atoms with E-state index in [1.165, 1.54) is 0 Å². The lowest BCUT2D eigenvalue weighted by Gasteiger charge is -2.23. The van der Waals surface area contributed by atoms with Gasteiger partial charge in [-0.1, -0.05) is 31.3 Å². The summed E-state index contributed by atoms with van der Waals surface area (Å²) in [4.78, 5) is 14.3. The van der Waals surface area contributed by atoms with E-state index in [0.717, 1.165) is 24.1 Å². The minimum absolute atomic E-state index is 0.0782. The van der Waals surface area contributed by atoms with Crippen LogP contribution in [0, 0.1) is 11.8 Å². The minimum Gasteiger partial charge on any atom is -0.389 e. The van der Waals surface area contributed by atoms with Crippen LogP contribution < -0.4 is 10.6 Å². The summed E-state index contributed by atoms with van der Waals surface area (Å²) in [7, 11) is 1.79. The van der Waals surface area contributed by atoms with Crippen molar-refractivity contribution in [1.29, 1.82) is 0 Å². The van der Waals surface area contributed by atoms with E-state index in [4.69, 9.17) is 18.0 Å². The second-order valence-corrected chi connectivity index (χ2v) is 5.34. The van der Waals surface area contributed by atoms with Crippen molar-refractivity contribution in [2.24, 2.45) is 17.6 Å². The van der Waals surface area contributed by atoms with Crippen LogP contribution in [-0.2, 0) is 4.79 Å². The summed E-state index contributed by atoms with van der Waals surface area (Å²) in [6.45, 7) is 2.00. The van der Waals surface area contributed by atoms with Crippen LogP contribution in [0.25, 0.3) is 0 Å². The molecule has 3 nitrogen and oxygen atoms in total. The number of hydrogen-bond donors (Lipinski definition) is 1. The van der Waals surface area contributed by atoms with Crippen LogP contribution in [0.1, 0.15) is 25.3 Å². The van der Waals surface area contributed by atoms with Crippen LogP contribution in [0.15, 0.2) is 24.3 Å². The van der Waals surface area contributed by atoms with Crippen molar-refractivity contribution in [2.45, 2.75) is 19.8 Å². The smallest absolute Gasteiger partial charge is 0.229 e. The first-order valence-corrected chi connectivity index (χ1v) is 6.59. The Morgan fingerprint density at radius 1 is 1.44 bits per heavy atom. The molecule has 1 fully saturated rings. The maximum atomic E-state index is 12.3. The van der Waals surface area contributed by atoms with E-state index >= 15 is 0 Å². The van der Waals surface area contributed by atoms with Crippen molar-refractivity contribution in [1.82, 2.24) is 0 Å². The second kappa shape index (κ2) is 5.06. The van der Waals surface area contributed by atoms with Crippen molar-refractivity contribution in [3.05, 3.63) is 29.8 Å². The van der Waals surface area contributed by atoms with Crippen LogP contribution in [0.5, 0.6) is 0 Å². The molecule has 96 valence electrons. The van der Waals surface area contributed by atoms with Crippen molar-refractivity contribution in [2.75, 3.05) is 11.9 Å². The number of amides is 1. The van der Waals surface area contributed by atoms with Gasteiger partial charge in [-0.3, -0.25) is 4.79 Å². The molecule has 0 aliphatic heterocycles. The number of anilines is 1. The summed E-state index contributed by atoms with van der Waals surface area (Å²) in [5.41, 5.74) is 7.24. The molecule has 2 rings (SSSR count). The molecule has 1 amide bonds. The Morgan fingerprint density at radius 2 is 2.06 bits per heavy atom. The summed E-state index contributed by atoms with van der Waals surface area (Å²) >= 11 is 5.02. The van der Waals surface area contributed by atoms with Crippen LogP contribution in [0.3, 0.4) is 0 Å². The van der Waals surface area contributed by atoms with E-state index in [1.807, 2.05) is 31.2 Å². The Bertz CT molecular complexity index is 482. The molecule has 1 saturated carbocycles. The van der Waals surface area contributed by atoms with Gasteiger partial charge in [0, 0.05) is 18.5 Å². The first-order valence-electron chi connectivity index (χ1n) is 6.18. The lowest BCUT2D eigenvalue weighted by Crippen LogP contribution is -2.34. The molecule has 1 aliphatic carbocycles. The molecule has 1 aromatic carbocycles. The molecule has 1 unspecified atom stereocenters. The normalized spacial score (nSPS) is 16.1. The summed E-state index contributed by atoms with van der Waals surface area (Å²) in [6.07, 6.45) is 2.33. The van der Waals surface area contributed by atoms with Gasteiger partial charge in [0.1, 0.15) is 4.99 Å². The van der Waals surface area contributed by atoms with Crippen molar-refractivity contribution in [3.8, 4) is 0 Å². The Hall–Kier alpha value is -1.42. The van der Waals surface area contributed by atoms with E-state index in [2.05, 4.69) is 0 Å². The monoisotopic (exact) mass is 262 g/mol. The molecule has 1 aliphatic rings. The molecular weight excluding hydrogens is 244 g/mol. The molecule has 2 N–H and O–H groups in total. The molecular formula is C14H18N2OS. The van der Waals surface area contributed by atoms with E-state index in [-0.39, 0.29) is 11.8 Å². The average molecular weight is 262 g/mol. The number of thiocarbonyl (C=S) groups is 1. The van der Waals surface area contributed by atoms with E-state index in [0.29, 0.717) is 10.9 Å². The van der Waals surface area contributed by atoms with Gasteiger partial charge in [-0.25, -0.2) is 0 Å². The first kappa shape index (κ1) is 13.0. The van der Waals surface area contributed by atoms with Gasteiger partial charge in [0.05, 0.1) is 5.69 Å². The minimum atomic E-state index is 0.0782. The summed E-state index contributed by atoms with van der Waals surface area (Å²) in [5, 5.41) is 0. The quantitative estimate of drug-likeness (QED) is 0.847. The van der Waals surface area contributed by atoms with Gasteiger partial charge in [-0.05, 0) is 30.9 Å². The highest BCUT2D eigenvalue weighted by Gasteiger charge is 2.34. The predicted octanol–water partition coefficient (Wildman–Crippen LogP) is 2.33. The van der Waals surface area contributed by atoms with Gasteiger partial charge >= 0.3 is 0 Å². The first-order chi connectivity index (χ1) is 8.52. The Labute approximate surface area is 113 Å². The van der Waals surface area contributed by atoms with E-state index in [9.17, 15) is 4.79 Å². The zero-order chi connectivity index (χ0) is 13.3. The number of para-hydroxylation sites is 1. The van der Waals surface area contributed by atoms with E-state index in [1.54, 1.807) is 11.9 Å². The number of hydrogen-bond acceptors (Lipinski definition) is 2. The Kier molecular flexibility index (Phi) is 3.66. The van der Waals surface area contributed by atoms with Gasteiger partial charge in [0.25, 0.3) is 0 Å². The van der Waals surface area contributed by atoms with Crippen molar-refractivity contribution < 1.29 is 4.79 Å². The molecule has 18 heavy (non-hydrogen) atoms. The molecule has 0 heterocycles. The second-order valence-electron chi connectivity index (χ2n) is 4.90. The fourth-order valence-electron chi connectivity index (χ4n) is 2.20. The maximum absolute atomic E-state index is 12.3.